The highest BCUT2D eigenvalue weighted by Gasteiger charge is 2.59. The van der Waals surface area contributed by atoms with Crippen molar-refractivity contribution in [3.05, 3.63) is 48.6 Å². The van der Waals surface area contributed by atoms with Crippen LogP contribution in [0.4, 0.5) is 0 Å². The van der Waals surface area contributed by atoms with Crippen LogP contribution in [0.1, 0.15) is 37.7 Å². The summed E-state index contributed by atoms with van der Waals surface area (Å²) in [5, 5.41) is 15.2. The number of hydrogen-bond donors (Lipinski definition) is 2. The minimum absolute atomic E-state index is 0.0257. The molecule has 1 amide bonds. The first-order valence-electron chi connectivity index (χ1n) is 10.1. The van der Waals surface area contributed by atoms with Crippen LogP contribution in [-0.2, 0) is 10.4 Å². The summed E-state index contributed by atoms with van der Waals surface area (Å²) in [6, 6.07) is 10.1. The number of carbonyl (C=O) groups excluding carboxylic acids is 1. The summed E-state index contributed by atoms with van der Waals surface area (Å²) in [5.74, 6) is 1.01. The van der Waals surface area contributed by atoms with Gasteiger partial charge in [-0.3, -0.25) is 4.79 Å². The number of nitrogens with zero attached hydrogens (tertiary/aromatic N) is 1. The second kappa shape index (κ2) is 7.16. The molecule has 3 unspecified atom stereocenters. The predicted molar refractivity (Wildman–Crippen MR) is 102 cm³/mol. The molecule has 2 aliphatic carbocycles. The van der Waals surface area contributed by atoms with Crippen LogP contribution in [0.3, 0.4) is 0 Å². The fourth-order valence-corrected chi connectivity index (χ4v) is 5.20. The Morgan fingerprint density at radius 3 is 2.46 bits per heavy atom. The van der Waals surface area contributed by atoms with Crippen molar-refractivity contribution in [2.24, 2.45) is 17.8 Å². The highest BCUT2D eigenvalue weighted by molar-refractivity contribution is 5.87. The van der Waals surface area contributed by atoms with E-state index in [4.69, 9.17) is 0 Å². The number of hydrogen-bond acceptors (Lipinski definition) is 3. The van der Waals surface area contributed by atoms with Crippen molar-refractivity contribution >= 4 is 5.91 Å². The van der Waals surface area contributed by atoms with Crippen molar-refractivity contribution in [3.63, 3.8) is 0 Å². The molecule has 3 atom stereocenters. The van der Waals surface area contributed by atoms with Gasteiger partial charge in [-0.1, -0.05) is 55.7 Å². The van der Waals surface area contributed by atoms with Crippen molar-refractivity contribution in [2.45, 2.75) is 43.7 Å². The Labute approximate surface area is 156 Å². The minimum atomic E-state index is -1.37. The number of benzene rings is 1. The van der Waals surface area contributed by atoms with Gasteiger partial charge < -0.3 is 15.3 Å². The summed E-state index contributed by atoms with van der Waals surface area (Å²) in [6.45, 7) is 6.10. The van der Waals surface area contributed by atoms with Crippen LogP contribution < -0.4 is 5.32 Å². The van der Waals surface area contributed by atoms with Crippen LogP contribution in [0.5, 0.6) is 0 Å². The lowest BCUT2D eigenvalue weighted by molar-refractivity contribution is -0.160. The normalized spacial score (nSPS) is 30.5. The van der Waals surface area contributed by atoms with Gasteiger partial charge in [0, 0.05) is 31.6 Å². The highest BCUT2D eigenvalue weighted by Crippen LogP contribution is 2.48. The summed E-state index contributed by atoms with van der Waals surface area (Å²) < 4.78 is 0. The van der Waals surface area contributed by atoms with E-state index >= 15 is 0 Å². The van der Waals surface area contributed by atoms with Crippen molar-refractivity contribution in [3.8, 4) is 0 Å². The molecule has 140 valence electrons. The molecule has 3 aliphatic rings. The maximum atomic E-state index is 13.5. The molecule has 3 fully saturated rings. The lowest BCUT2D eigenvalue weighted by Gasteiger charge is -2.40. The maximum Gasteiger partial charge on any atom is 0.259 e. The van der Waals surface area contributed by atoms with Gasteiger partial charge in [0.1, 0.15) is 0 Å². The molecule has 26 heavy (non-hydrogen) atoms. The fourth-order valence-electron chi connectivity index (χ4n) is 5.20. The zero-order chi connectivity index (χ0) is 18.1. The van der Waals surface area contributed by atoms with Gasteiger partial charge in [-0.15, -0.1) is 6.58 Å². The van der Waals surface area contributed by atoms with E-state index in [1.807, 2.05) is 41.3 Å². The van der Waals surface area contributed by atoms with E-state index in [2.05, 4.69) is 11.9 Å². The quantitative estimate of drug-likeness (QED) is 0.773. The van der Waals surface area contributed by atoms with Crippen LogP contribution in [0, 0.1) is 17.8 Å². The van der Waals surface area contributed by atoms with Gasteiger partial charge in [0.05, 0.1) is 0 Å². The molecule has 0 bridgehead atoms. The number of carbonyl (C=O) groups is 1. The smallest absolute Gasteiger partial charge is 0.259 e. The van der Waals surface area contributed by atoms with Gasteiger partial charge in [0.15, 0.2) is 5.60 Å². The largest absolute Gasteiger partial charge is 0.375 e. The monoisotopic (exact) mass is 354 g/mol. The molecule has 2 N–H and O–H groups in total. The predicted octanol–water partition coefficient (Wildman–Crippen LogP) is 2.69. The Bertz CT molecular complexity index is 643. The van der Waals surface area contributed by atoms with Crippen LogP contribution in [0.15, 0.2) is 43.0 Å². The van der Waals surface area contributed by atoms with E-state index in [1.54, 1.807) is 0 Å². The number of likely N-dealkylation sites (tertiary alicyclic amines) is 1. The minimum Gasteiger partial charge on any atom is -0.375 e. The first-order valence-corrected chi connectivity index (χ1v) is 10.1. The molecule has 0 spiro atoms. The molecule has 4 heteroatoms. The van der Waals surface area contributed by atoms with Gasteiger partial charge >= 0.3 is 0 Å². The molecule has 0 radical (unpaired) electrons. The molecule has 1 saturated heterocycles. The summed E-state index contributed by atoms with van der Waals surface area (Å²) in [7, 11) is 0. The van der Waals surface area contributed by atoms with E-state index in [-0.39, 0.29) is 11.8 Å². The summed E-state index contributed by atoms with van der Waals surface area (Å²) >= 11 is 0. The Morgan fingerprint density at radius 2 is 1.85 bits per heavy atom. The lowest BCUT2D eigenvalue weighted by Crippen LogP contribution is -2.52. The number of aliphatic hydroxyl groups is 1. The second-order valence-corrected chi connectivity index (χ2v) is 8.23. The van der Waals surface area contributed by atoms with Gasteiger partial charge in [0.2, 0.25) is 0 Å². The Hall–Kier alpha value is -1.65. The summed E-state index contributed by atoms with van der Waals surface area (Å²) in [5.41, 5.74) is -0.610. The first kappa shape index (κ1) is 17.7. The highest BCUT2D eigenvalue weighted by atomic mass is 16.3. The molecular weight excluding hydrogens is 324 g/mol. The number of rotatable bonds is 6. The fraction of sp³-hybridized carbons (Fsp3) is 0.591. The Morgan fingerprint density at radius 1 is 1.19 bits per heavy atom. The van der Waals surface area contributed by atoms with E-state index in [1.165, 1.54) is 6.42 Å². The maximum absolute atomic E-state index is 13.5. The number of fused-ring (bicyclic) bond motifs is 1. The third-order valence-corrected chi connectivity index (χ3v) is 6.72. The van der Waals surface area contributed by atoms with E-state index in [0.717, 1.165) is 50.9 Å². The molecule has 1 heterocycles. The van der Waals surface area contributed by atoms with E-state index in [9.17, 15) is 9.90 Å². The van der Waals surface area contributed by atoms with Crippen molar-refractivity contribution in [1.29, 1.82) is 0 Å². The third kappa shape index (κ3) is 2.99. The van der Waals surface area contributed by atoms with Crippen molar-refractivity contribution in [2.75, 3.05) is 19.6 Å². The van der Waals surface area contributed by atoms with Gasteiger partial charge in [0.25, 0.3) is 5.91 Å². The molecule has 1 aliphatic heterocycles. The zero-order valence-electron chi connectivity index (χ0n) is 15.4. The van der Waals surface area contributed by atoms with E-state index in [0.29, 0.717) is 17.9 Å². The summed E-state index contributed by atoms with van der Waals surface area (Å²) in [4.78, 5) is 15.4. The van der Waals surface area contributed by atoms with Crippen molar-refractivity contribution in [1.82, 2.24) is 10.2 Å². The van der Waals surface area contributed by atoms with Crippen LogP contribution >= 0.6 is 0 Å². The molecular formula is C22H30N2O2. The van der Waals surface area contributed by atoms with Crippen LogP contribution in [-0.4, -0.2) is 41.6 Å². The average Bonchev–Trinajstić information content (AvgIpc) is 3.15. The number of nitrogens with one attached hydrogen (secondary N) is 1. The Kier molecular flexibility index (Phi) is 4.89. The number of amides is 1. The molecule has 1 aromatic carbocycles. The standard InChI is InChI=1S/C22H30N2O2/c1-2-13-23-20-18-14-24(15-19(18)20)21(25)22(26,16-9-5-3-6-10-16)17-11-7-4-8-12-17/h2-3,5-6,9-10,17-20,23,26H,1,4,7-8,11-15H2. The third-order valence-electron chi connectivity index (χ3n) is 6.72. The van der Waals surface area contributed by atoms with Crippen molar-refractivity contribution < 1.29 is 9.90 Å². The van der Waals surface area contributed by atoms with Gasteiger partial charge in [-0.05, 0) is 30.2 Å². The number of piperidine rings is 1. The first-order chi connectivity index (χ1) is 12.7. The molecule has 0 aromatic heterocycles. The van der Waals surface area contributed by atoms with Gasteiger partial charge in [-0.25, -0.2) is 0 Å². The second-order valence-electron chi connectivity index (χ2n) is 8.23. The molecule has 1 aromatic rings. The van der Waals surface area contributed by atoms with Gasteiger partial charge in [-0.2, -0.15) is 0 Å². The van der Waals surface area contributed by atoms with E-state index < -0.39 is 5.60 Å². The topological polar surface area (TPSA) is 52.6 Å². The molecule has 4 rings (SSSR count). The van der Waals surface area contributed by atoms with Crippen LogP contribution in [0.25, 0.3) is 0 Å². The lowest BCUT2D eigenvalue weighted by atomic mass is 9.72. The molecule has 4 nitrogen and oxygen atoms in total. The van der Waals surface area contributed by atoms with Crippen LogP contribution in [0.2, 0.25) is 0 Å². The SMILES string of the molecule is C=CCNC1C2CN(C(=O)C(O)(c3ccccc3)C3CCCCC3)CC21. The Balaban J connectivity index is 1.52. The molecule has 2 saturated carbocycles. The average molecular weight is 354 g/mol. The summed E-state index contributed by atoms with van der Waals surface area (Å²) in [6.07, 6.45) is 7.16. The zero-order valence-corrected chi connectivity index (χ0v) is 15.4.